The molecule has 1 aromatic heterocycles. The van der Waals surface area contributed by atoms with Crippen molar-refractivity contribution in [2.45, 2.75) is 13.5 Å². The van der Waals surface area contributed by atoms with Gasteiger partial charge in [-0.25, -0.2) is 0 Å². The number of rotatable bonds is 4. The SMILES string of the molecule is Cc1cc(CNC(=O)c2cccc(C(N)=NO)c2)no1. The standard InChI is InChI=1S/C13H14N4O3/c1-8-5-11(17-20-8)7-15-13(18)10-4-2-3-9(6-10)12(14)16-19/h2-6,19H,7H2,1H3,(H2,14,16)(H,15,18). The minimum atomic E-state index is -0.279. The maximum Gasteiger partial charge on any atom is 0.251 e. The zero-order valence-electron chi connectivity index (χ0n) is 10.8. The van der Waals surface area contributed by atoms with Gasteiger partial charge in [0.25, 0.3) is 5.91 Å². The molecule has 0 unspecified atom stereocenters. The van der Waals surface area contributed by atoms with E-state index in [-0.39, 0.29) is 18.3 Å². The fourth-order valence-corrected chi connectivity index (χ4v) is 1.65. The van der Waals surface area contributed by atoms with Gasteiger partial charge in [-0.15, -0.1) is 0 Å². The first-order chi connectivity index (χ1) is 9.60. The van der Waals surface area contributed by atoms with Crippen molar-refractivity contribution in [3.05, 3.63) is 52.9 Å². The molecule has 1 heterocycles. The van der Waals surface area contributed by atoms with Crippen LogP contribution in [0.3, 0.4) is 0 Å². The molecule has 0 spiro atoms. The summed E-state index contributed by atoms with van der Waals surface area (Å²) in [5.41, 5.74) is 7.00. The highest BCUT2D eigenvalue weighted by Crippen LogP contribution is 2.06. The summed E-state index contributed by atoms with van der Waals surface area (Å²) < 4.78 is 4.91. The van der Waals surface area contributed by atoms with E-state index in [4.69, 9.17) is 15.5 Å². The number of benzene rings is 1. The Kier molecular flexibility index (Phi) is 3.99. The van der Waals surface area contributed by atoms with Gasteiger partial charge in [0.15, 0.2) is 5.84 Å². The smallest absolute Gasteiger partial charge is 0.251 e. The van der Waals surface area contributed by atoms with Gasteiger partial charge in [0.1, 0.15) is 11.5 Å². The van der Waals surface area contributed by atoms with Crippen LogP contribution >= 0.6 is 0 Å². The lowest BCUT2D eigenvalue weighted by Crippen LogP contribution is -2.23. The minimum absolute atomic E-state index is 0.0493. The van der Waals surface area contributed by atoms with E-state index in [0.717, 1.165) is 0 Å². The van der Waals surface area contributed by atoms with E-state index in [1.807, 2.05) is 0 Å². The highest BCUT2D eigenvalue weighted by atomic mass is 16.5. The van der Waals surface area contributed by atoms with Crippen molar-refractivity contribution in [3.63, 3.8) is 0 Å². The fraction of sp³-hybridized carbons (Fsp3) is 0.154. The number of aromatic nitrogens is 1. The summed E-state index contributed by atoms with van der Waals surface area (Å²) in [6.07, 6.45) is 0. The monoisotopic (exact) mass is 274 g/mol. The molecule has 0 saturated heterocycles. The van der Waals surface area contributed by atoms with Gasteiger partial charge < -0.3 is 20.8 Å². The lowest BCUT2D eigenvalue weighted by molar-refractivity contribution is 0.0950. The van der Waals surface area contributed by atoms with Gasteiger partial charge in [0.2, 0.25) is 0 Å². The summed E-state index contributed by atoms with van der Waals surface area (Å²) in [5, 5.41) is 18.0. The number of nitrogens with zero attached hydrogens (tertiary/aromatic N) is 2. The average Bonchev–Trinajstić information content (AvgIpc) is 2.89. The van der Waals surface area contributed by atoms with Gasteiger partial charge in [-0.1, -0.05) is 22.4 Å². The van der Waals surface area contributed by atoms with Crippen molar-refractivity contribution in [2.75, 3.05) is 0 Å². The van der Waals surface area contributed by atoms with Gasteiger partial charge in [-0.3, -0.25) is 4.79 Å². The second-order valence-corrected chi connectivity index (χ2v) is 4.18. The molecule has 1 aromatic carbocycles. The van der Waals surface area contributed by atoms with Crippen LogP contribution in [-0.2, 0) is 6.54 Å². The molecule has 20 heavy (non-hydrogen) atoms. The normalized spacial score (nSPS) is 11.3. The molecule has 0 saturated carbocycles. The van der Waals surface area contributed by atoms with E-state index in [1.165, 1.54) is 0 Å². The number of oxime groups is 1. The molecule has 0 aliphatic rings. The van der Waals surface area contributed by atoms with Crippen LogP contribution in [0.2, 0.25) is 0 Å². The predicted molar refractivity (Wildman–Crippen MR) is 71.4 cm³/mol. The van der Waals surface area contributed by atoms with E-state index in [9.17, 15) is 4.79 Å². The Morgan fingerprint density at radius 1 is 1.45 bits per heavy atom. The highest BCUT2D eigenvalue weighted by Gasteiger charge is 2.09. The molecule has 0 aliphatic carbocycles. The second kappa shape index (κ2) is 5.87. The highest BCUT2D eigenvalue weighted by molar-refractivity contribution is 6.01. The zero-order valence-corrected chi connectivity index (χ0v) is 10.8. The van der Waals surface area contributed by atoms with Crippen molar-refractivity contribution in [1.29, 1.82) is 0 Å². The maximum atomic E-state index is 12.0. The molecule has 7 heteroatoms. The van der Waals surface area contributed by atoms with Crippen LogP contribution in [0.15, 0.2) is 40.0 Å². The number of aryl methyl sites for hydroxylation is 1. The first kappa shape index (κ1) is 13.6. The number of nitrogens with one attached hydrogen (secondary N) is 1. The summed E-state index contributed by atoms with van der Waals surface area (Å²) >= 11 is 0. The summed E-state index contributed by atoms with van der Waals surface area (Å²) in [7, 11) is 0. The Labute approximate surface area is 115 Å². The van der Waals surface area contributed by atoms with Gasteiger partial charge in [-0.2, -0.15) is 0 Å². The summed E-state index contributed by atoms with van der Waals surface area (Å²) in [5.74, 6) is 0.355. The average molecular weight is 274 g/mol. The van der Waals surface area contributed by atoms with Crippen LogP contribution in [0.1, 0.15) is 27.4 Å². The third-order valence-electron chi connectivity index (χ3n) is 2.64. The molecule has 2 rings (SSSR count). The Hall–Kier alpha value is -2.83. The van der Waals surface area contributed by atoms with E-state index in [1.54, 1.807) is 37.3 Å². The molecule has 2 aromatic rings. The number of hydrogen-bond acceptors (Lipinski definition) is 5. The number of carbonyl (C=O) groups excluding carboxylic acids is 1. The third kappa shape index (κ3) is 3.14. The summed E-state index contributed by atoms with van der Waals surface area (Å²) in [6, 6.07) is 8.22. The number of hydrogen-bond donors (Lipinski definition) is 3. The molecule has 0 atom stereocenters. The van der Waals surface area contributed by atoms with Crippen molar-refractivity contribution >= 4 is 11.7 Å². The Morgan fingerprint density at radius 2 is 2.20 bits per heavy atom. The molecule has 0 radical (unpaired) electrons. The lowest BCUT2D eigenvalue weighted by Gasteiger charge is -2.05. The molecule has 104 valence electrons. The number of carbonyl (C=O) groups is 1. The predicted octanol–water partition coefficient (Wildman–Crippen LogP) is 1.01. The number of amidine groups is 1. The number of amides is 1. The summed E-state index contributed by atoms with van der Waals surface area (Å²) in [6.45, 7) is 2.04. The summed E-state index contributed by atoms with van der Waals surface area (Å²) in [4.78, 5) is 12.0. The van der Waals surface area contributed by atoms with Crippen molar-refractivity contribution < 1.29 is 14.5 Å². The van der Waals surface area contributed by atoms with Crippen molar-refractivity contribution in [2.24, 2.45) is 10.9 Å². The maximum absolute atomic E-state index is 12.0. The molecular formula is C13H14N4O3. The lowest BCUT2D eigenvalue weighted by atomic mass is 10.1. The van der Waals surface area contributed by atoms with Crippen LogP contribution in [0.5, 0.6) is 0 Å². The van der Waals surface area contributed by atoms with Crippen molar-refractivity contribution in [1.82, 2.24) is 10.5 Å². The second-order valence-electron chi connectivity index (χ2n) is 4.18. The largest absolute Gasteiger partial charge is 0.409 e. The third-order valence-corrected chi connectivity index (χ3v) is 2.64. The first-order valence-electron chi connectivity index (χ1n) is 5.88. The number of nitrogens with two attached hydrogens (primary N) is 1. The molecule has 7 nitrogen and oxygen atoms in total. The Balaban J connectivity index is 2.05. The molecule has 0 bridgehead atoms. The Morgan fingerprint density at radius 3 is 2.85 bits per heavy atom. The van der Waals surface area contributed by atoms with Crippen LogP contribution in [-0.4, -0.2) is 22.1 Å². The van der Waals surface area contributed by atoms with Crippen LogP contribution in [0.4, 0.5) is 0 Å². The topological polar surface area (TPSA) is 114 Å². The van der Waals surface area contributed by atoms with Crippen LogP contribution in [0, 0.1) is 6.92 Å². The van der Waals surface area contributed by atoms with E-state index in [2.05, 4.69) is 15.6 Å². The Bertz CT molecular complexity index is 649. The minimum Gasteiger partial charge on any atom is -0.409 e. The van der Waals surface area contributed by atoms with Gasteiger partial charge in [0, 0.05) is 17.2 Å². The van der Waals surface area contributed by atoms with E-state index in [0.29, 0.717) is 22.6 Å². The van der Waals surface area contributed by atoms with Gasteiger partial charge in [0.05, 0.1) is 6.54 Å². The van der Waals surface area contributed by atoms with E-state index >= 15 is 0 Å². The van der Waals surface area contributed by atoms with Gasteiger partial charge in [-0.05, 0) is 19.1 Å². The van der Waals surface area contributed by atoms with Crippen LogP contribution in [0.25, 0.3) is 0 Å². The van der Waals surface area contributed by atoms with Crippen molar-refractivity contribution in [3.8, 4) is 0 Å². The molecule has 0 aliphatic heterocycles. The first-order valence-corrected chi connectivity index (χ1v) is 5.88. The zero-order chi connectivity index (χ0) is 14.5. The molecular weight excluding hydrogens is 260 g/mol. The molecule has 1 amide bonds. The van der Waals surface area contributed by atoms with Crippen LogP contribution < -0.4 is 11.1 Å². The van der Waals surface area contributed by atoms with E-state index < -0.39 is 0 Å². The fourth-order valence-electron chi connectivity index (χ4n) is 1.65. The quantitative estimate of drug-likeness (QED) is 0.333. The van der Waals surface area contributed by atoms with Gasteiger partial charge >= 0.3 is 0 Å². The molecule has 4 N–H and O–H groups in total. The molecule has 0 fully saturated rings.